The van der Waals surface area contributed by atoms with E-state index in [1.807, 2.05) is 44.2 Å². The van der Waals surface area contributed by atoms with Crippen LogP contribution in [0.25, 0.3) is 0 Å². The zero-order valence-electron chi connectivity index (χ0n) is 15.6. The third-order valence-corrected chi connectivity index (χ3v) is 5.15. The average molecular weight is 359 g/mol. The van der Waals surface area contributed by atoms with Crippen LogP contribution in [0.15, 0.2) is 30.3 Å². The number of carbonyl (C=O) groups is 3. The molecule has 2 aliphatic rings. The molecule has 1 aromatic carbocycles. The van der Waals surface area contributed by atoms with Gasteiger partial charge in [0, 0.05) is 6.54 Å². The third-order valence-electron chi connectivity index (χ3n) is 5.15. The molecule has 0 aromatic heterocycles. The summed E-state index contributed by atoms with van der Waals surface area (Å²) in [5.41, 5.74) is 1.01. The van der Waals surface area contributed by atoms with Crippen molar-refractivity contribution in [3.8, 4) is 0 Å². The van der Waals surface area contributed by atoms with Gasteiger partial charge in [-0.1, -0.05) is 44.2 Å². The molecule has 0 unspecified atom stereocenters. The summed E-state index contributed by atoms with van der Waals surface area (Å²) in [5, 5.41) is 0. The second-order valence-corrected chi connectivity index (χ2v) is 7.17. The molecule has 0 N–H and O–H groups in total. The van der Waals surface area contributed by atoms with Crippen molar-refractivity contribution in [3.05, 3.63) is 35.9 Å². The smallest absolute Gasteiger partial charge is 0.411 e. The molecule has 3 atom stereocenters. The Morgan fingerprint density at radius 2 is 1.85 bits per heavy atom. The van der Waals surface area contributed by atoms with Crippen LogP contribution in [0.5, 0.6) is 0 Å². The van der Waals surface area contributed by atoms with Crippen LogP contribution in [0.4, 0.5) is 4.79 Å². The van der Waals surface area contributed by atoms with Gasteiger partial charge in [0.1, 0.15) is 18.2 Å². The van der Waals surface area contributed by atoms with E-state index in [4.69, 9.17) is 4.74 Å². The first-order chi connectivity index (χ1) is 12.4. The molecule has 2 fully saturated rings. The van der Waals surface area contributed by atoms with Crippen molar-refractivity contribution in [1.29, 1.82) is 0 Å². The van der Waals surface area contributed by atoms with Crippen molar-refractivity contribution in [3.63, 3.8) is 0 Å². The minimum atomic E-state index is -0.612. The summed E-state index contributed by atoms with van der Waals surface area (Å²) in [4.78, 5) is 42.9. The lowest BCUT2D eigenvalue weighted by Crippen LogP contribution is -2.62. The maximum Gasteiger partial charge on any atom is 0.411 e. The Balaban J connectivity index is 1.92. The van der Waals surface area contributed by atoms with Gasteiger partial charge in [-0.2, -0.15) is 0 Å². The molecule has 0 spiro atoms. The van der Waals surface area contributed by atoms with E-state index in [0.29, 0.717) is 6.54 Å². The Kier molecular flexibility index (Phi) is 4.89. The Labute approximate surface area is 153 Å². The summed E-state index contributed by atoms with van der Waals surface area (Å²) in [6, 6.07) is 8.47. The van der Waals surface area contributed by atoms with Crippen LogP contribution in [-0.4, -0.2) is 64.5 Å². The first kappa shape index (κ1) is 18.2. The van der Waals surface area contributed by atoms with Crippen molar-refractivity contribution in [2.75, 3.05) is 13.7 Å². The minimum absolute atomic E-state index is 0.0722. The van der Waals surface area contributed by atoms with Gasteiger partial charge in [0.05, 0.1) is 13.7 Å². The van der Waals surface area contributed by atoms with E-state index in [-0.39, 0.29) is 24.3 Å². The Morgan fingerprint density at radius 1 is 1.19 bits per heavy atom. The quantitative estimate of drug-likeness (QED) is 0.823. The predicted octanol–water partition coefficient (Wildman–Crippen LogP) is 1.68. The summed E-state index contributed by atoms with van der Waals surface area (Å²) in [7, 11) is 1.31. The molecule has 7 heteroatoms. The van der Waals surface area contributed by atoms with Crippen molar-refractivity contribution < 1.29 is 19.1 Å². The van der Waals surface area contributed by atoms with E-state index in [1.54, 1.807) is 16.7 Å². The standard InChI is InChI=1S/C19H25N3O4/c1-12(2)16-18(24)21-13(3)17(23)20(10-14-8-6-5-7-9-14)11-15(21)22(16)19(25)26-4/h5-9,12-13,15-16H,10-11H2,1-4H3/t13-,15-,16+/m0/s1. The van der Waals surface area contributed by atoms with Gasteiger partial charge in [-0.15, -0.1) is 0 Å². The summed E-state index contributed by atoms with van der Waals surface area (Å²) >= 11 is 0. The monoisotopic (exact) mass is 359 g/mol. The number of methoxy groups -OCH3 is 1. The second-order valence-electron chi connectivity index (χ2n) is 7.17. The predicted molar refractivity (Wildman–Crippen MR) is 94.8 cm³/mol. The summed E-state index contributed by atoms with van der Waals surface area (Å²) in [6.07, 6.45) is -1.04. The number of benzene rings is 1. The van der Waals surface area contributed by atoms with Crippen LogP contribution < -0.4 is 0 Å². The van der Waals surface area contributed by atoms with Gasteiger partial charge >= 0.3 is 6.09 Å². The molecule has 140 valence electrons. The van der Waals surface area contributed by atoms with E-state index in [1.165, 1.54) is 12.0 Å². The number of fused-ring (bicyclic) bond motifs is 1. The second kappa shape index (κ2) is 6.97. The molecule has 0 radical (unpaired) electrons. The molecule has 7 nitrogen and oxygen atoms in total. The van der Waals surface area contributed by atoms with Crippen LogP contribution in [-0.2, 0) is 20.9 Å². The first-order valence-corrected chi connectivity index (χ1v) is 8.88. The number of nitrogens with zero attached hydrogens (tertiary/aromatic N) is 3. The number of carbonyl (C=O) groups excluding carboxylic acids is 3. The Morgan fingerprint density at radius 3 is 2.42 bits per heavy atom. The number of ether oxygens (including phenoxy) is 1. The first-order valence-electron chi connectivity index (χ1n) is 8.88. The molecule has 26 heavy (non-hydrogen) atoms. The van der Waals surface area contributed by atoms with E-state index in [9.17, 15) is 14.4 Å². The maximum atomic E-state index is 12.9. The lowest BCUT2D eigenvalue weighted by molar-refractivity contribution is -0.152. The van der Waals surface area contributed by atoms with E-state index in [2.05, 4.69) is 0 Å². The third kappa shape index (κ3) is 2.91. The normalized spacial score (nSPS) is 25.7. The van der Waals surface area contributed by atoms with Gasteiger partial charge in [-0.25, -0.2) is 4.79 Å². The zero-order valence-corrected chi connectivity index (χ0v) is 15.6. The van der Waals surface area contributed by atoms with Gasteiger partial charge in [-0.3, -0.25) is 14.5 Å². The summed E-state index contributed by atoms with van der Waals surface area (Å²) in [5.74, 6) is -0.361. The number of rotatable bonds is 3. The Bertz CT molecular complexity index is 706. The molecular weight excluding hydrogens is 334 g/mol. The topological polar surface area (TPSA) is 70.2 Å². The molecule has 2 heterocycles. The molecule has 3 amide bonds. The molecule has 0 saturated carbocycles. The summed E-state index contributed by atoms with van der Waals surface area (Å²) < 4.78 is 4.93. The van der Waals surface area contributed by atoms with Gasteiger partial charge < -0.3 is 14.5 Å². The highest BCUT2D eigenvalue weighted by Crippen LogP contribution is 2.33. The molecule has 0 aliphatic carbocycles. The van der Waals surface area contributed by atoms with Crippen LogP contribution >= 0.6 is 0 Å². The highest BCUT2D eigenvalue weighted by Gasteiger charge is 2.56. The fourth-order valence-electron chi connectivity index (χ4n) is 3.93. The van der Waals surface area contributed by atoms with Gasteiger partial charge in [-0.05, 0) is 18.4 Å². The van der Waals surface area contributed by atoms with Crippen molar-refractivity contribution in [2.45, 2.75) is 45.6 Å². The van der Waals surface area contributed by atoms with Crippen molar-refractivity contribution in [1.82, 2.24) is 14.7 Å². The molecule has 2 aliphatic heterocycles. The number of piperazine rings is 1. The van der Waals surface area contributed by atoms with E-state index >= 15 is 0 Å². The lowest BCUT2D eigenvalue weighted by Gasteiger charge is -2.43. The fourth-order valence-corrected chi connectivity index (χ4v) is 3.93. The highest BCUT2D eigenvalue weighted by molar-refractivity contribution is 5.95. The van der Waals surface area contributed by atoms with Crippen molar-refractivity contribution in [2.24, 2.45) is 5.92 Å². The van der Waals surface area contributed by atoms with Gasteiger partial charge in [0.2, 0.25) is 11.8 Å². The van der Waals surface area contributed by atoms with Crippen molar-refractivity contribution >= 4 is 17.9 Å². The zero-order chi connectivity index (χ0) is 19.0. The largest absolute Gasteiger partial charge is 0.453 e. The molecule has 3 rings (SSSR count). The van der Waals surface area contributed by atoms with E-state index < -0.39 is 24.3 Å². The molecule has 2 saturated heterocycles. The number of hydrogen-bond acceptors (Lipinski definition) is 4. The van der Waals surface area contributed by atoms with Crippen LogP contribution in [0, 0.1) is 5.92 Å². The summed E-state index contributed by atoms with van der Waals surface area (Å²) in [6.45, 7) is 6.24. The highest BCUT2D eigenvalue weighted by atomic mass is 16.5. The Hall–Kier alpha value is -2.57. The molecule has 1 aromatic rings. The van der Waals surface area contributed by atoms with Gasteiger partial charge in [0.15, 0.2) is 0 Å². The molecule has 0 bridgehead atoms. The number of amides is 3. The SMILES string of the molecule is COC(=O)N1[C@H]2CN(Cc3ccccc3)C(=O)[C@H](C)N2C(=O)[C@H]1C(C)C. The average Bonchev–Trinajstić information content (AvgIpc) is 2.92. The van der Waals surface area contributed by atoms with Crippen LogP contribution in [0.2, 0.25) is 0 Å². The fraction of sp³-hybridized carbons (Fsp3) is 0.526. The maximum absolute atomic E-state index is 12.9. The minimum Gasteiger partial charge on any atom is -0.453 e. The van der Waals surface area contributed by atoms with Gasteiger partial charge in [0.25, 0.3) is 0 Å². The molecular formula is C19H25N3O4. The van der Waals surface area contributed by atoms with Crippen LogP contribution in [0.3, 0.4) is 0 Å². The van der Waals surface area contributed by atoms with E-state index in [0.717, 1.165) is 5.56 Å². The van der Waals surface area contributed by atoms with Crippen LogP contribution in [0.1, 0.15) is 26.3 Å². The number of hydrogen-bond donors (Lipinski definition) is 0. The lowest BCUT2D eigenvalue weighted by atomic mass is 10.0.